The molecule has 1 aliphatic rings. The maximum atomic E-state index is 11.1. The normalized spacial score (nSPS) is 20.6. The van der Waals surface area contributed by atoms with Crippen LogP contribution in [0.3, 0.4) is 0 Å². The molecule has 1 aliphatic carbocycles. The number of halogens is 2. The molecule has 0 bridgehead atoms. The molecule has 1 rings (SSSR count). The molecule has 0 aromatic carbocycles. The van der Waals surface area contributed by atoms with Crippen LogP contribution in [-0.2, 0) is 20.5 Å². The summed E-state index contributed by atoms with van der Waals surface area (Å²) in [5, 5.41) is 0. The van der Waals surface area contributed by atoms with Gasteiger partial charge in [-0.25, -0.2) is 0 Å². The molecule has 84 valence electrons. The first kappa shape index (κ1) is 16.7. The van der Waals surface area contributed by atoms with Crippen molar-refractivity contribution in [2.24, 2.45) is 5.92 Å². The van der Waals surface area contributed by atoms with E-state index in [0.717, 1.165) is 11.1 Å². The molecule has 0 N–H and O–H groups in total. The second-order valence-electron chi connectivity index (χ2n) is 3.32. The van der Waals surface area contributed by atoms with Gasteiger partial charge in [-0.2, -0.15) is 0 Å². The molecule has 0 heterocycles. The van der Waals surface area contributed by atoms with Crippen molar-refractivity contribution in [3.05, 3.63) is 22.3 Å². The van der Waals surface area contributed by atoms with Crippen molar-refractivity contribution in [2.75, 3.05) is 0 Å². The van der Waals surface area contributed by atoms with E-state index >= 15 is 0 Å². The summed E-state index contributed by atoms with van der Waals surface area (Å²) >= 11 is 3.92. The van der Waals surface area contributed by atoms with E-state index in [1.54, 1.807) is 0 Å². The van der Waals surface area contributed by atoms with Gasteiger partial charge >= 0.3 is 81.2 Å². The number of hydrogen-bond acceptors (Lipinski definition) is 1. The van der Waals surface area contributed by atoms with Crippen LogP contribution in [0.5, 0.6) is 0 Å². The van der Waals surface area contributed by atoms with Crippen LogP contribution in [0.15, 0.2) is 22.3 Å². The van der Waals surface area contributed by atoms with E-state index in [1.807, 2.05) is 6.92 Å². The molecular weight excluding hydrogens is 266 g/mol. The molecule has 0 aromatic rings. The van der Waals surface area contributed by atoms with Crippen molar-refractivity contribution in [3.8, 4) is 0 Å². The van der Waals surface area contributed by atoms with Gasteiger partial charge in [0.1, 0.15) is 0 Å². The van der Waals surface area contributed by atoms with Crippen LogP contribution in [0.25, 0.3) is 0 Å². The summed E-state index contributed by atoms with van der Waals surface area (Å²) in [6.07, 6.45) is 0. The minimum atomic E-state index is -0.0938. The number of allylic oxidation sites excluding steroid dienone is 4. The Hall–Kier alpha value is 0.236. The molecule has 0 saturated heterocycles. The molecule has 0 spiro atoms. The second kappa shape index (κ2) is 5.96. The smallest absolute Gasteiger partial charge is 0.147 e. The zero-order chi connectivity index (χ0) is 9.46. The van der Waals surface area contributed by atoms with Gasteiger partial charge in [0, 0.05) is 0 Å². The van der Waals surface area contributed by atoms with Crippen molar-refractivity contribution >= 4 is 29.5 Å². The zero-order valence-corrected chi connectivity index (χ0v) is 11.3. The SMILES string of the molecule is CC1=C(C)C(C)C([C](=O)[Co])=C1C.Cl.Cl. The maximum absolute atomic E-state index is 11.1. The predicted molar refractivity (Wildman–Crippen MR) is 59.7 cm³/mol. The molecule has 0 aliphatic heterocycles. The molecule has 1 nitrogen and oxygen atoms in total. The standard InChI is InChI=1S/C10H13O.2ClH.Co/c1-6-7(2)9(4)10(5-11)8(6)3;;;/h8H,1-4H3;2*1H;. The van der Waals surface area contributed by atoms with Gasteiger partial charge in [-0.3, -0.25) is 0 Å². The first-order valence-electron chi connectivity index (χ1n) is 4.03. The van der Waals surface area contributed by atoms with Gasteiger partial charge in [-0.15, -0.1) is 24.8 Å². The summed E-state index contributed by atoms with van der Waals surface area (Å²) in [4.78, 5) is 11.1. The minimum absolute atomic E-state index is 0. The van der Waals surface area contributed by atoms with Crippen LogP contribution in [0, 0.1) is 5.92 Å². The largest absolute Gasteiger partial charge is 0.147 e. The number of carbonyl (C=O) groups excluding carboxylic acids is 1. The van der Waals surface area contributed by atoms with Crippen molar-refractivity contribution < 1.29 is 20.5 Å². The van der Waals surface area contributed by atoms with Gasteiger partial charge in [0.2, 0.25) is 0 Å². The van der Waals surface area contributed by atoms with Crippen molar-refractivity contribution in [1.82, 2.24) is 0 Å². The Kier molecular flexibility index (Phi) is 7.09. The van der Waals surface area contributed by atoms with E-state index in [2.05, 4.69) is 36.5 Å². The molecule has 0 aromatic heterocycles. The third-order valence-electron chi connectivity index (χ3n) is 2.84. The second-order valence-corrected chi connectivity index (χ2v) is 3.79. The number of rotatable bonds is 1. The first-order valence-corrected chi connectivity index (χ1v) is 4.55. The molecule has 0 amide bonds. The summed E-state index contributed by atoms with van der Waals surface area (Å²) in [5.41, 5.74) is 4.52. The molecule has 0 radical (unpaired) electrons. The van der Waals surface area contributed by atoms with Gasteiger partial charge in [0.25, 0.3) is 0 Å². The molecule has 1 unspecified atom stereocenters. The fourth-order valence-corrected chi connectivity index (χ4v) is 2.08. The number of carbonyl (C=O) groups is 1. The van der Waals surface area contributed by atoms with Crippen molar-refractivity contribution in [2.45, 2.75) is 27.7 Å². The molecule has 0 saturated carbocycles. The Labute approximate surface area is 106 Å². The average Bonchev–Trinajstić information content (AvgIpc) is 2.16. The summed E-state index contributed by atoms with van der Waals surface area (Å²) in [5.74, 6) is 0.258. The van der Waals surface area contributed by atoms with E-state index in [0.29, 0.717) is 0 Å². The van der Waals surface area contributed by atoms with Crippen LogP contribution < -0.4 is 0 Å². The molecular formula is C10H15Cl2CoO. The van der Waals surface area contributed by atoms with Crippen LogP contribution in [0.1, 0.15) is 27.7 Å². The fourth-order valence-electron chi connectivity index (χ4n) is 1.66. The van der Waals surface area contributed by atoms with Gasteiger partial charge in [-0.1, -0.05) is 0 Å². The zero-order valence-electron chi connectivity index (χ0n) is 8.64. The third kappa shape index (κ3) is 2.63. The minimum Gasteiger partial charge on any atom is -0.147 e. The van der Waals surface area contributed by atoms with Crippen molar-refractivity contribution in [3.63, 3.8) is 0 Å². The van der Waals surface area contributed by atoms with E-state index in [-0.39, 0.29) is 35.4 Å². The van der Waals surface area contributed by atoms with Gasteiger partial charge < -0.3 is 0 Å². The summed E-state index contributed by atoms with van der Waals surface area (Å²) in [6.45, 7) is 8.18. The first-order chi connectivity index (χ1) is 5.46. The molecule has 4 heteroatoms. The van der Waals surface area contributed by atoms with Crippen LogP contribution >= 0.6 is 24.8 Å². The monoisotopic (exact) mass is 280 g/mol. The summed E-state index contributed by atoms with van der Waals surface area (Å²) in [7, 11) is 0. The van der Waals surface area contributed by atoms with Crippen LogP contribution in [0.2, 0.25) is 0 Å². The Bertz CT molecular complexity index is 305. The number of hydrogen-bond donors (Lipinski definition) is 0. The van der Waals surface area contributed by atoms with Crippen LogP contribution in [-0.4, -0.2) is 4.72 Å². The Morgan fingerprint density at radius 1 is 1.14 bits per heavy atom. The van der Waals surface area contributed by atoms with Gasteiger partial charge in [-0.05, 0) is 0 Å². The van der Waals surface area contributed by atoms with E-state index in [4.69, 9.17) is 0 Å². The van der Waals surface area contributed by atoms with E-state index in [9.17, 15) is 4.79 Å². The van der Waals surface area contributed by atoms with E-state index < -0.39 is 0 Å². The quantitative estimate of drug-likeness (QED) is 0.721. The summed E-state index contributed by atoms with van der Waals surface area (Å²) < 4.78 is -0.0938. The maximum Gasteiger partial charge on any atom is -0.147 e. The third-order valence-corrected chi connectivity index (χ3v) is 3.12. The average molecular weight is 281 g/mol. The predicted octanol–water partition coefficient (Wildman–Crippen LogP) is 3.21. The Morgan fingerprint density at radius 3 is 1.71 bits per heavy atom. The summed E-state index contributed by atoms with van der Waals surface area (Å²) in [6, 6.07) is 0. The topological polar surface area (TPSA) is 17.1 Å². The molecule has 14 heavy (non-hydrogen) atoms. The van der Waals surface area contributed by atoms with Gasteiger partial charge in [0.05, 0.1) is 0 Å². The van der Waals surface area contributed by atoms with Crippen molar-refractivity contribution in [1.29, 1.82) is 0 Å². The van der Waals surface area contributed by atoms with E-state index in [1.165, 1.54) is 11.1 Å². The Balaban J connectivity index is 0. The van der Waals surface area contributed by atoms with Gasteiger partial charge in [0.15, 0.2) is 0 Å². The molecule has 0 fully saturated rings. The fraction of sp³-hybridized carbons (Fsp3) is 0.500. The Morgan fingerprint density at radius 2 is 1.57 bits per heavy atom. The molecule has 1 atom stereocenters. The van der Waals surface area contributed by atoms with Crippen LogP contribution in [0.4, 0.5) is 0 Å².